The van der Waals surface area contributed by atoms with E-state index in [1.807, 2.05) is 38.1 Å². The van der Waals surface area contributed by atoms with E-state index in [2.05, 4.69) is 6.92 Å². The molecule has 0 amide bonds. The van der Waals surface area contributed by atoms with E-state index in [0.717, 1.165) is 35.7 Å². The van der Waals surface area contributed by atoms with Gasteiger partial charge in [-0.15, -0.1) is 0 Å². The van der Waals surface area contributed by atoms with Crippen molar-refractivity contribution in [1.29, 1.82) is 0 Å². The van der Waals surface area contributed by atoms with Crippen molar-refractivity contribution in [3.05, 3.63) is 24.3 Å². The molecule has 0 aliphatic heterocycles. The third-order valence-electron chi connectivity index (χ3n) is 3.13. The van der Waals surface area contributed by atoms with Crippen molar-refractivity contribution in [2.45, 2.75) is 57.0 Å². The molecule has 0 saturated heterocycles. The van der Waals surface area contributed by atoms with Crippen LogP contribution in [-0.4, -0.2) is 27.3 Å². The number of benzene rings is 1. The predicted molar refractivity (Wildman–Crippen MR) is 83.7 cm³/mol. The molecule has 0 aromatic heterocycles. The average molecular weight is 298 g/mol. The van der Waals surface area contributed by atoms with Crippen LogP contribution >= 0.6 is 0 Å². The Balaban J connectivity index is 2.57. The fraction of sp³-hybridized carbons (Fsp3) is 0.625. The average Bonchev–Trinajstić information content (AvgIpc) is 2.39. The highest BCUT2D eigenvalue weighted by Crippen LogP contribution is 2.22. The van der Waals surface area contributed by atoms with E-state index in [9.17, 15) is 4.21 Å². The maximum atomic E-state index is 12.1. The van der Waals surface area contributed by atoms with Gasteiger partial charge in [0.05, 0.1) is 10.8 Å². The van der Waals surface area contributed by atoms with Gasteiger partial charge in [0, 0.05) is 23.7 Å². The van der Waals surface area contributed by atoms with E-state index >= 15 is 0 Å². The summed E-state index contributed by atoms with van der Waals surface area (Å²) in [6, 6.07) is 7.44. The summed E-state index contributed by atoms with van der Waals surface area (Å²) in [5, 5.41) is 8.98. The molecule has 0 spiro atoms. The fourth-order valence-electron chi connectivity index (χ4n) is 1.90. The van der Waals surface area contributed by atoms with Gasteiger partial charge < -0.3 is 9.84 Å². The molecule has 20 heavy (non-hydrogen) atoms. The van der Waals surface area contributed by atoms with Crippen molar-refractivity contribution in [3.8, 4) is 5.75 Å². The molecule has 0 aliphatic carbocycles. The van der Waals surface area contributed by atoms with E-state index in [1.165, 1.54) is 0 Å². The summed E-state index contributed by atoms with van der Waals surface area (Å²) in [7, 11) is -0.915. The summed E-state index contributed by atoms with van der Waals surface area (Å²) >= 11 is 0. The molecule has 1 atom stereocenters. The molecule has 1 rings (SSSR count). The lowest BCUT2D eigenvalue weighted by atomic mass is 10.1. The zero-order chi connectivity index (χ0) is 15.0. The van der Waals surface area contributed by atoms with Gasteiger partial charge >= 0.3 is 0 Å². The SMILES string of the molecule is CCCCCS(=O)c1ccc(OC(C)(C)CCO)cc1. The Morgan fingerprint density at radius 3 is 2.40 bits per heavy atom. The molecular weight excluding hydrogens is 272 g/mol. The summed E-state index contributed by atoms with van der Waals surface area (Å²) < 4.78 is 17.9. The number of rotatable bonds is 9. The normalized spacial score (nSPS) is 13.2. The molecule has 1 aromatic rings. The second-order valence-electron chi connectivity index (χ2n) is 5.56. The molecule has 1 N–H and O–H groups in total. The first-order chi connectivity index (χ1) is 9.48. The van der Waals surface area contributed by atoms with Gasteiger partial charge in [0.2, 0.25) is 0 Å². The smallest absolute Gasteiger partial charge is 0.120 e. The van der Waals surface area contributed by atoms with Crippen molar-refractivity contribution in [1.82, 2.24) is 0 Å². The summed E-state index contributed by atoms with van der Waals surface area (Å²) in [6.45, 7) is 6.13. The molecule has 0 fully saturated rings. The molecule has 0 aliphatic rings. The van der Waals surface area contributed by atoms with E-state index < -0.39 is 16.4 Å². The Morgan fingerprint density at radius 2 is 1.85 bits per heavy atom. The van der Waals surface area contributed by atoms with Crippen LogP contribution in [-0.2, 0) is 10.8 Å². The lowest BCUT2D eigenvalue weighted by molar-refractivity contribution is 0.0764. The van der Waals surface area contributed by atoms with Crippen LogP contribution in [0.2, 0.25) is 0 Å². The lowest BCUT2D eigenvalue weighted by Crippen LogP contribution is -2.29. The van der Waals surface area contributed by atoms with Crippen LogP contribution in [0, 0.1) is 0 Å². The van der Waals surface area contributed by atoms with E-state index in [1.54, 1.807) is 0 Å². The number of aliphatic hydroxyl groups excluding tert-OH is 1. The molecule has 114 valence electrons. The topological polar surface area (TPSA) is 46.5 Å². The van der Waals surface area contributed by atoms with Crippen molar-refractivity contribution in [2.24, 2.45) is 0 Å². The quantitative estimate of drug-likeness (QED) is 0.709. The highest BCUT2D eigenvalue weighted by atomic mass is 32.2. The zero-order valence-electron chi connectivity index (χ0n) is 12.7. The van der Waals surface area contributed by atoms with Crippen molar-refractivity contribution in [3.63, 3.8) is 0 Å². The summed E-state index contributed by atoms with van der Waals surface area (Å²) in [6.07, 6.45) is 3.86. The van der Waals surface area contributed by atoms with Crippen LogP contribution in [0.4, 0.5) is 0 Å². The van der Waals surface area contributed by atoms with Gasteiger partial charge in [-0.3, -0.25) is 4.21 Å². The van der Waals surface area contributed by atoms with Gasteiger partial charge in [-0.1, -0.05) is 19.8 Å². The highest BCUT2D eigenvalue weighted by molar-refractivity contribution is 7.85. The Morgan fingerprint density at radius 1 is 1.20 bits per heavy atom. The Labute approximate surface area is 124 Å². The van der Waals surface area contributed by atoms with Crippen LogP contribution in [0.5, 0.6) is 5.75 Å². The van der Waals surface area contributed by atoms with Crippen molar-refractivity contribution >= 4 is 10.8 Å². The Hall–Kier alpha value is -0.870. The second kappa shape index (κ2) is 8.42. The van der Waals surface area contributed by atoms with Crippen LogP contribution in [0.25, 0.3) is 0 Å². The second-order valence-corrected chi connectivity index (χ2v) is 7.13. The van der Waals surface area contributed by atoms with E-state index in [0.29, 0.717) is 6.42 Å². The first kappa shape index (κ1) is 17.2. The van der Waals surface area contributed by atoms with Crippen LogP contribution in [0.1, 0.15) is 46.5 Å². The lowest BCUT2D eigenvalue weighted by Gasteiger charge is -2.25. The maximum absolute atomic E-state index is 12.1. The third kappa shape index (κ3) is 6.06. The van der Waals surface area contributed by atoms with Gasteiger partial charge in [0.1, 0.15) is 11.4 Å². The van der Waals surface area contributed by atoms with Gasteiger partial charge in [-0.2, -0.15) is 0 Å². The number of hydrogen-bond donors (Lipinski definition) is 1. The van der Waals surface area contributed by atoms with Crippen LogP contribution in [0.3, 0.4) is 0 Å². The van der Waals surface area contributed by atoms with Gasteiger partial charge in [0.15, 0.2) is 0 Å². The Bertz CT molecular complexity index is 412. The molecule has 4 heteroatoms. The minimum atomic E-state index is -0.915. The number of hydrogen-bond acceptors (Lipinski definition) is 3. The molecule has 0 heterocycles. The summed E-state index contributed by atoms with van der Waals surface area (Å²) in [4.78, 5) is 0.855. The minimum absolute atomic E-state index is 0.104. The molecule has 0 radical (unpaired) electrons. The van der Waals surface area contributed by atoms with Gasteiger partial charge in [-0.05, 0) is 44.5 Å². The predicted octanol–water partition coefficient (Wildman–Crippen LogP) is 3.52. The standard InChI is InChI=1S/C16H26O3S/c1-4-5-6-13-20(18)15-9-7-14(8-10-15)19-16(2,3)11-12-17/h7-10,17H,4-6,11-13H2,1-3H3. The fourth-order valence-corrected chi connectivity index (χ4v) is 3.04. The molecular formula is C16H26O3S. The number of ether oxygens (including phenoxy) is 1. The first-order valence-corrected chi connectivity index (χ1v) is 8.58. The summed E-state index contributed by atoms with van der Waals surface area (Å²) in [5.41, 5.74) is -0.392. The summed E-state index contributed by atoms with van der Waals surface area (Å²) in [5.74, 6) is 1.47. The first-order valence-electron chi connectivity index (χ1n) is 7.27. The van der Waals surface area contributed by atoms with Crippen molar-refractivity contribution < 1.29 is 14.1 Å². The highest BCUT2D eigenvalue weighted by Gasteiger charge is 2.18. The minimum Gasteiger partial charge on any atom is -0.488 e. The van der Waals surface area contributed by atoms with Crippen LogP contribution < -0.4 is 4.74 Å². The number of aliphatic hydroxyl groups is 1. The number of unbranched alkanes of at least 4 members (excludes halogenated alkanes) is 2. The molecule has 0 bridgehead atoms. The third-order valence-corrected chi connectivity index (χ3v) is 4.59. The van der Waals surface area contributed by atoms with E-state index in [-0.39, 0.29) is 6.61 Å². The van der Waals surface area contributed by atoms with E-state index in [4.69, 9.17) is 9.84 Å². The molecule has 3 nitrogen and oxygen atoms in total. The molecule has 1 aromatic carbocycles. The van der Waals surface area contributed by atoms with Gasteiger partial charge in [-0.25, -0.2) is 0 Å². The maximum Gasteiger partial charge on any atom is 0.120 e. The molecule has 1 unspecified atom stereocenters. The largest absolute Gasteiger partial charge is 0.488 e. The van der Waals surface area contributed by atoms with Crippen molar-refractivity contribution in [2.75, 3.05) is 12.4 Å². The van der Waals surface area contributed by atoms with Gasteiger partial charge in [0.25, 0.3) is 0 Å². The molecule has 0 saturated carbocycles. The zero-order valence-corrected chi connectivity index (χ0v) is 13.5. The monoisotopic (exact) mass is 298 g/mol. The van der Waals surface area contributed by atoms with Crippen LogP contribution in [0.15, 0.2) is 29.2 Å². The Kier molecular flexibility index (Phi) is 7.24.